The number of anilines is 1. The van der Waals surface area contributed by atoms with Crippen molar-refractivity contribution >= 4 is 21.7 Å². The van der Waals surface area contributed by atoms with Gasteiger partial charge in [-0.2, -0.15) is 0 Å². The van der Waals surface area contributed by atoms with Crippen LogP contribution in [0.25, 0.3) is 0 Å². The van der Waals surface area contributed by atoms with Gasteiger partial charge in [-0.25, -0.2) is 9.97 Å². The standard InChI is InChI=1S/C10H16BrN3O3/c1-2-8-12-7(11)3-9(13-8)14-10(4-15,5-16)6-17/h3,15-17H,2,4-6H2,1H3,(H,12,13,14). The molecule has 6 nitrogen and oxygen atoms in total. The van der Waals surface area contributed by atoms with Gasteiger partial charge in [0.2, 0.25) is 0 Å². The predicted octanol–water partition coefficient (Wildman–Crippen LogP) is -0.0709. The molecule has 4 N–H and O–H groups in total. The van der Waals surface area contributed by atoms with Gasteiger partial charge in [0.1, 0.15) is 21.8 Å². The van der Waals surface area contributed by atoms with Crippen molar-refractivity contribution in [1.82, 2.24) is 9.97 Å². The second-order valence-corrected chi connectivity index (χ2v) is 4.54. The van der Waals surface area contributed by atoms with Gasteiger partial charge in [-0.3, -0.25) is 0 Å². The Kier molecular flexibility index (Phi) is 5.26. The van der Waals surface area contributed by atoms with Crippen LogP contribution >= 0.6 is 15.9 Å². The Bertz CT molecular complexity index is 364. The topological polar surface area (TPSA) is 98.5 Å². The van der Waals surface area contributed by atoms with E-state index in [9.17, 15) is 15.3 Å². The summed E-state index contributed by atoms with van der Waals surface area (Å²) in [4.78, 5) is 8.33. The molecule has 96 valence electrons. The minimum Gasteiger partial charge on any atom is -0.394 e. The molecule has 0 radical (unpaired) electrons. The molecule has 7 heteroatoms. The maximum Gasteiger partial charge on any atom is 0.131 e. The third-order valence-electron chi connectivity index (χ3n) is 2.36. The van der Waals surface area contributed by atoms with E-state index < -0.39 is 25.4 Å². The fraction of sp³-hybridized carbons (Fsp3) is 0.600. The average molecular weight is 306 g/mol. The first-order chi connectivity index (χ1) is 8.09. The monoisotopic (exact) mass is 305 g/mol. The maximum absolute atomic E-state index is 9.20. The molecule has 0 saturated carbocycles. The van der Waals surface area contributed by atoms with E-state index in [0.29, 0.717) is 22.7 Å². The van der Waals surface area contributed by atoms with Crippen LogP contribution in [0.2, 0.25) is 0 Å². The molecular weight excluding hydrogens is 290 g/mol. The minimum absolute atomic E-state index is 0.400. The molecule has 0 aromatic carbocycles. The number of aromatic nitrogens is 2. The van der Waals surface area contributed by atoms with E-state index >= 15 is 0 Å². The first-order valence-corrected chi connectivity index (χ1v) is 6.02. The minimum atomic E-state index is -1.18. The maximum atomic E-state index is 9.20. The quantitative estimate of drug-likeness (QED) is 0.549. The largest absolute Gasteiger partial charge is 0.394 e. The first-order valence-electron chi connectivity index (χ1n) is 5.23. The second-order valence-electron chi connectivity index (χ2n) is 3.73. The summed E-state index contributed by atoms with van der Waals surface area (Å²) >= 11 is 3.25. The molecule has 0 aliphatic heterocycles. The molecule has 1 aromatic heterocycles. The first kappa shape index (κ1) is 14.3. The Morgan fingerprint density at radius 1 is 1.24 bits per heavy atom. The summed E-state index contributed by atoms with van der Waals surface area (Å²) in [6, 6.07) is 1.62. The average Bonchev–Trinajstić information content (AvgIpc) is 2.35. The number of hydrogen-bond acceptors (Lipinski definition) is 6. The van der Waals surface area contributed by atoms with E-state index in [1.807, 2.05) is 6.92 Å². The molecule has 0 unspecified atom stereocenters. The van der Waals surface area contributed by atoms with Crippen LogP contribution in [-0.4, -0.2) is 50.6 Å². The summed E-state index contributed by atoms with van der Waals surface area (Å²) in [5.74, 6) is 1.07. The molecule has 0 saturated heterocycles. The van der Waals surface area contributed by atoms with E-state index in [2.05, 4.69) is 31.2 Å². The third-order valence-corrected chi connectivity index (χ3v) is 2.76. The molecule has 0 atom stereocenters. The highest BCUT2D eigenvalue weighted by molar-refractivity contribution is 9.10. The lowest BCUT2D eigenvalue weighted by molar-refractivity contribution is 0.0831. The Hall–Kier alpha value is -0.760. The zero-order chi connectivity index (χ0) is 12.9. The van der Waals surface area contributed by atoms with Crippen molar-refractivity contribution < 1.29 is 15.3 Å². The van der Waals surface area contributed by atoms with Crippen LogP contribution in [0, 0.1) is 0 Å². The van der Waals surface area contributed by atoms with Crippen molar-refractivity contribution in [3.63, 3.8) is 0 Å². The van der Waals surface area contributed by atoms with Crippen molar-refractivity contribution in [3.8, 4) is 0 Å². The Balaban J connectivity index is 2.96. The SMILES string of the molecule is CCc1nc(Br)cc(NC(CO)(CO)CO)n1. The highest BCUT2D eigenvalue weighted by Crippen LogP contribution is 2.17. The molecule has 1 aromatic rings. The van der Waals surface area contributed by atoms with Crippen molar-refractivity contribution in [3.05, 3.63) is 16.5 Å². The van der Waals surface area contributed by atoms with E-state index in [4.69, 9.17) is 0 Å². The molecule has 17 heavy (non-hydrogen) atoms. The van der Waals surface area contributed by atoms with Gasteiger partial charge in [0.15, 0.2) is 0 Å². The van der Waals surface area contributed by atoms with E-state index in [1.165, 1.54) is 0 Å². The zero-order valence-corrected chi connectivity index (χ0v) is 11.1. The Morgan fingerprint density at radius 3 is 2.29 bits per heavy atom. The predicted molar refractivity (Wildman–Crippen MR) is 66.7 cm³/mol. The van der Waals surface area contributed by atoms with Crippen molar-refractivity contribution in [2.24, 2.45) is 0 Å². The van der Waals surface area contributed by atoms with Crippen LogP contribution in [0.15, 0.2) is 10.7 Å². The normalized spacial score (nSPS) is 11.6. The second kappa shape index (κ2) is 6.25. The van der Waals surface area contributed by atoms with E-state index in [0.717, 1.165) is 0 Å². The molecule has 1 heterocycles. The Morgan fingerprint density at radius 2 is 1.82 bits per heavy atom. The summed E-state index contributed by atoms with van der Waals surface area (Å²) in [5, 5.41) is 30.4. The highest BCUT2D eigenvalue weighted by Gasteiger charge is 2.28. The van der Waals surface area contributed by atoms with Gasteiger partial charge in [-0.1, -0.05) is 6.92 Å². The molecule has 0 aliphatic carbocycles. The number of rotatable bonds is 6. The van der Waals surface area contributed by atoms with Gasteiger partial charge in [-0.05, 0) is 15.9 Å². The van der Waals surface area contributed by atoms with Crippen LogP contribution in [-0.2, 0) is 6.42 Å². The van der Waals surface area contributed by atoms with Crippen molar-refractivity contribution in [2.45, 2.75) is 18.9 Å². The smallest absolute Gasteiger partial charge is 0.131 e. The Labute approximate surface area is 108 Å². The summed E-state index contributed by atoms with van der Waals surface area (Å²) in [6.07, 6.45) is 0.665. The lowest BCUT2D eigenvalue weighted by Gasteiger charge is -2.29. The molecule has 0 spiro atoms. The van der Waals surface area contributed by atoms with E-state index in [1.54, 1.807) is 6.07 Å². The lowest BCUT2D eigenvalue weighted by atomic mass is 10.0. The molecule has 0 bridgehead atoms. The van der Waals surface area contributed by atoms with Crippen LogP contribution in [0.4, 0.5) is 5.82 Å². The van der Waals surface area contributed by atoms with Crippen LogP contribution < -0.4 is 5.32 Å². The number of nitrogens with one attached hydrogen (secondary N) is 1. The van der Waals surface area contributed by atoms with Gasteiger partial charge < -0.3 is 20.6 Å². The summed E-state index contributed by atoms with van der Waals surface area (Å²) in [5.41, 5.74) is -1.18. The summed E-state index contributed by atoms with van der Waals surface area (Å²) in [6.45, 7) is 0.720. The van der Waals surface area contributed by atoms with E-state index in [-0.39, 0.29) is 0 Å². The number of aliphatic hydroxyl groups is 3. The number of aliphatic hydroxyl groups excluding tert-OH is 3. The summed E-state index contributed by atoms with van der Waals surface area (Å²) in [7, 11) is 0. The fourth-order valence-corrected chi connectivity index (χ4v) is 1.65. The zero-order valence-electron chi connectivity index (χ0n) is 9.52. The van der Waals surface area contributed by atoms with Gasteiger partial charge >= 0.3 is 0 Å². The number of halogens is 1. The molecule has 1 rings (SSSR count). The highest BCUT2D eigenvalue weighted by atomic mass is 79.9. The van der Waals surface area contributed by atoms with Crippen LogP contribution in [0.3, 0.4) is 0 Å². The number of hydrogen-bond donors (Lipinski definition) is 4. The number of aryl methyl sites for hydroxylation is 1. The third kappa shape index (κ3) is 3.60. The molecule has 0 aliphatic rings. The van der Waals surface area contributed by atoms with Gasteiger partial charge in [0.25, 0.3) is 0 Å². The summed E-state index contributed by atoms with van der Waals surface area (Å²) < 4.78 is 0.606. The molecular formula is C10H16BrN3O3. The van der Waals surface area contributed by atoms with Gasteiger partial charge in [-0.15, -0.1) is 0 Å². The molecule has 0 amide bonds. The van der Waals surface area contributed by atoms with Gasteiger partial charge in [0.05, 0.1) is 19.8 Å². The van der Waals surface area contributed by atoms with Crippen molar-refractivity contribution in [2.75, 3.05) is 25.1 Å². The van der Waals surface area contributed by atoms with Crippen molar-refractivity contribution in [1.29, 1.82) is 0 Å². The van der Waals surface area contributed by atoms with Crippen LogP contribution in [0.1, 0.15) is 12.7 Å². The lowest BCUT2D eigenvalue weighted by Crippen LogP contribution is -2.49. The number of nitrogens with zero attached hydrogens (tertiary/aromatic N) is 2. The molecule has 0 fully saturated rings. The van der Waals surface area contributed by atoms with Crippen LogP contribution in [0.5, 0.6) is 0 Å². The van der Waals surface area contributed by atoms with Gasteiger partial charge in [0, 0.05) is 12.5 Å². The fourth-order valence-electron chi connectivity index (χ4n) is 1.23.